The number of aliphatic imine (C=N–C) groups is 1. The smallest absolute Gasteiger partial charge is 0.193 e. The molecule has 20 heavy (non-hydrogen) atoms. The van der Waals surface area contributed by atoms with Crippen LogP contribution in [0.5, 0.6) is 0 Å². The largest absolute Gasteiger partial charge is 0.381 e. The summed E-state index contributed by atoms with van der Waals surface area (Å²) in [6, 6.07) is 0. The number of likely N-dealkylation sites (tertiary alicyclic amines) is 1. The van der Waals surface area contributed by atoms with Gasteiger partial charge in [0.05, 0.1) is 6.61 Å². The molecule has 1 saturated heterocycles. The quantitative estimate of drug-likeness (QED) is 0.463. The molecule has 0 aliphatic carbocycles. The van der Waals surface area contributed by atoms with Crippen molar-refractivity contribution in [1.29, 1.82) is 0 Å². The van der Waals surface area contributed by atoms with Crippen molar-refractivity contribution in [2.45, 2.75) is 47.0 Å². The van der Waals surface area contributed by atoms with Gasteiger partial charge in [0, 0.05) is 39.2 Å². The lowest BCUT2D eigenvalue weighted by Gasteiger charge is -2.23. The maximum atomic E-state index is 5.53. The molecule has 1 aliphatic heterocycles. The number of rotatable bonds is 6. The van der Waals surface area contributed by atoms with Crippen LogP contribution in [0, 0.1) is 11.3 Å². The Morgan fingerprint density at radius 3 is 2.75 bits per heavy atom. The second-order valence-corrected chi connectivity index (χ2v) is 6.90. The summed E-state index contributed by atoms with van der Waals surface area (Å²) >= 11 is 0. The molecular formula is C16H33N3O. The zero-order valence-electron chi connectivity index (χ0n) is 14.0. The van der Waals surface area contributed by atoms with Gasteiger partial charge in [-0.05, 0) is 31.6 Å². The molecule has 1 unspecified atom stereocenters. The highest BCUT2D eigenvalue weighted by Gasteiger charge is 2.24. The summed E-state index contributed by atoms with van der Waals surface area (Å²) in [6.07, 6.45) is 3.64. The van der Waals surface area contributed by atoms with Gasteiger partial charge in [0.2, 0.25) is 0 Å². The van der Waals surface area contributed by atoms with Crippen molar-refractivity contribution in [3.63, 3.8) is 0 Å². The first-order valence-corrected chi connectivity index (χ1v) is 7.99. The highest BCUT2D eigenvalue weighted by molar-refractivity contribution is 5.80. The van der Waals surface area contributed by atoms with Crippen molar-refractivity contribution >= 4 is 5.96 Å². The van der Waals surface area contributed by atoms with Gasteiger partial charge in [-0.2, -0.15) is 0 Å². The first-order valence-electron chi connectivity index (χ1n) is 7.99. The Hall–Kier alpha value is -0.770. The van der Waals surface area contributed by atoms with Crippen LogP contribution in [0.2, 0.25) is 0 Å². The molecule has 0 spiro atoms. The van der Waals surface area contributed by atoms with Gasteiger partial charge in [-0.3, -0.25) is 4.99 Å². The molecule has 118 valence electrons. The second-order valence-electron chi connectivity index (χ2n) is 6.90. The number of nitrogens with zero attached hydrogens (tertiary/aromatic N) is 2. The first-order chi connectivity index (χ1) is 9.46. The van der Waals surface area contributed by atoms with Gasteiger partial charge < -0.3 is 15.0 Å². The Labute approximate surface area is 125 Å². The van der Waals surface area contributed by atoms with Crippen LogP contribution in [0.4, 0.5) is 0 Å². The Morgan fingerprint density at radius 2 is 2.15 bits per heavy atom. The van der Waals surface area contributed by atoms with Gasteiger partial charge in [0.25, 0.3) is 0 Å². The molecular weight excluding hydrogens is 250 g/mol. The van der Waals surface area contributed by atoms with E-state index in [-0.39, 0.29) is 0 Å². The number of hydrogen-bond acceptors (Lipinski definition) is 2. The molecule has 0 saturated carbocycles. The lowest BCUT2D eigenvalue weighted by Crippen LogP contribution is -2.40. The molecule has 1 aliphatic rings. The van der Waals surface area contributed by atoms with Gasteiger partial charge in [0.1, 0.15) is 0 Å². The van der Waals surface area contributed by atoms with Crippen LogP contribution in [0.3, 0.4) is 0 Å². The van der Waals surface area contributed by atoms with Crippen molar-refractivity contribution < 1.29 is 4.74 Å². The topological polar surface area (TPSA) is 36.9 Å². The molecule has 0 amide bonds. The monoisotopic (exact) mass is 283 g/mol. The van der Waals surface area contributed by atoms with E-state index in [1.165, 1.54) is 19.3 Å². The summed E-state index contributed by atoms with van der Waals surface area (Å²) in [4.78, 5) is 6.77. The molecule has 0 bridgehead atoms. The number of guanidine groups is 1. The van der Waals surface area contributed by atoms with E-state index < -0.39 is 0 Å². The van der Waals surface area contributed by atoms with Crippen LogP contribution < -0.4 is 5.32 Å². The SMILES string of the molecule is CCOCC1CCN(C(=NC)NCCCC(C)(C)C)C1. The summed E-state index contributed by atoms with van der Waals surface area (Å²) in [7, 11) is 1.88. The van der Waals surface area contributed by atoms with Crippen LogP contribution in [-0.2, 0) is 4.74 Å². The summed E-state index contributed by atoms with van der Waals surface area (Å²) < 4.78 is 5.53. The van der Waals surface area contributed by atoms with Crippen molar-refractivity contribution in [2.75, 3.05) is 39.9 Å². The summed E-state index contributed by atoms with van der Waals surface area (Å²) in [6.45, 7) is 13.8. The van der Waals surface area contributed by atoms with Crippen molar-refractivity contribution in [3.8, 4) is 0 Å². The fourth-order valence-corrected chi connectivity index (χ4v) is 2.60. The van der Waals surface area contributed by atoms with Gasteiger partial charge in [0.15, 0.2) is 5.96 Å². The lowest BCUT2D eigenvalue weighted by atomic mass is 9.91. The van der Waals surface area contributed by atoms with E-state index in [0.29, 0.717) is 11.3 Å². The van der Waals surface area contributed by atoms with E-state index in [0.717, 1.165) is 38.8 Å². The van der Waals surface area contributed by atoms with Crippen molar-refractivity contribution in [3.05, 3.63) is 0 Å². The summed E-state index contributed by atoms with van der Waals surface area (Å²) in [5.41, 5.74) is 0.418. The van der Waals surface area contributed by atoms with Crippen LogP contribution >= 0.6 is 0 Å². The average Bonchev–Trinajstić information content (AvgIpc) is 2.84. The molecule has 4 heteroatoms. The Bertz CT molecular complexity index is 297. The third kappa shape index (κ3) is 6.60. The molecule has 0 aromatic carbocycles. The molecule has 0 aromatic rings. The summed E-state index contributed by atoms with van der Waals surface area (Å²) in [5.74, 6) is 1.71. The normalized spacial score (nSPS) is 20.6. The van der Waals surface area contributed by atoms with Gasteiger partial charge in [-0.15, -0.1) is 0 Å². The predicted molar refractivity (Wildman–Crippen MR) is 86.2 cm³/mol. The minimum Gasteiger partial charge on any atom is -0.381 e. The van der Waals surface area contributed by atoms with E-state index in [2.05, 4.69) is 42.9 Å². The van der Waals surface area contributed by atoms with Crippen LogP contribution in [0.1, 0.15) is 47.0 Å². The Kier molecular flexibility index (Phi) is 7.35. The van der Waals surface area contributed by atoms with Crippen LogP contribution in [-0.4, -0.2) is 50.8 Å². The average molecular weight is 283 g/mol. The first kappa shape index (κ1) is 17.3. The fraction of sp³-hybridized carbons (Fsp3) is 0.938. The standard InChI is InChI=1S/C16H33N3O/c1-6-20-13-14-8-11-19(12-14)15(17-5)18-10-7-9-16(2,3)4/h14H,6-13H2,1-5H3,(H,17,18). The molecule has 0 aromatic heterocycles. The molecule has 1 atom stereocenters. The minimum atomic E-state index is 0.418. The lowest BCUT2D eigenvalue weighted by molar-refractivity contribution is 0.114. The zero-order chi connectivity index (χ0) is 15.0. The van der Waals surface area contributed by atoms with Gasteiger partial charge in [-0.25, -0.2) is 0 Å². The predicted octanol–water partition coefficient (Wildman–Crippen LogP) is 2.75. The maximum Gasteiger partial charge on any atom is 0.193 e. The van der Waals surface area contributed by atoms with E-state index in [1.807, 2.05) is 7.05 Å². The van der Waals surface area contributed by atoms with Crippen molar-refractivity contribution in [1.82, 2.24) is 10.2 Å². The number of nitrogens with one attached hydrogen (secondary N) is 1. The Balaban J connectivity index is 2.26. The van der Waals surface area contributed by atoms with Crippen LogP contribution in [0.15, 0.2) is 4.99 Å². The maximum absolute atomic E-state index is 5.53. The van der Waals surface area contributed by atoms with Crippen molar-refractivity contribution in [2.24, 2.45) is 16.3 Å². The van der Waals surface area contributed by atoms with Crippen LogP contribution in [0.25, 0.3) is 0 Å². The van der Waals surface area contributed by atoms with E-state index in [1.54, 1.807) is 0 Å². The minimum absolute atomic E-state index is 0.418. The van der Waals surface area contributed by atoms with E-state index in [9.17, 15) is 0 Å². The Morgan fingerprint density at radius 1 is 1.40 bits per heavy atom. The highest BCUT2D eigenvalue weighted by Crippen LogP contribution is 2.20. The fourth-order valence-electron chi connectivity index (χ4n) is 2.60. The molecule has 0 radical (unpaired) electrons. The summed E-state index contributed by atoms with van der Waals surface area (Å²) in [5, 5.41) is 3.50. The molecule has 1 fully saturated rings. The molecule has 1 N–H and O–H groups in total. The third-order valence-corrected chi connectivity index (χ3v) is 3.74. The van der Waals surface area contributed by atoms with Gasteiger partial charge in [-0.1, -0.05) is 20.8 Å². The zero-order valence-corrected chi connectivity index (χ0v) is 14.0. The highest BCUT2D eigenvalue weighted by atomic mass is 16.5. The number of hydrogen-bond donors (Lipinski definition) is 1. The van der Waals surface area contributed by atoms with Gasteiger partial charge >= 0.3 is 0 Å². The molecule has 1 heterocycles. The molecule has 1 rings (SSSR count). The second kappa shape index (κ2) is 8.50. The van der Waals surface area contributed by atoms with E-state index in [4.69, 9.17) is 4.74 Å². The third-order valence-electron chi connectivity index (χ3n) is 3.74. The number of ether oxygens (including phenoxy) is 1. The molecule has 4 nitrogen and oxygen atoms in total. The van der Waals surface area contributed by atoms with E-state index >= 15 is 0 Å².